The molecular formula is C27H34N2O5. The number of aldehydes is 1. The molecule has 6 N–H and O–H groups in total. The summed E-state index contributed by atoms with van der Waals surface area (Å²) in [4.78, 5) is 10.9. The first-order valence-electron chi connectivity index (χ1n) is 11.3. The van der Waals surface area contributed by atoms with E-state index >= 15 is 0 Å². The van der Waals surface area contributed by atoms with Crippen LogP contribution in [0.4, 0.5) is 5.69 Å². The minimum atomic E-state index is -0.762. The lowest BCUT2D eigenvalue weighted by molar-refractivity contribution is 0.112. The molecule has 0 saturated carbocycles. The summed E-state index contributed by atoms with van der Waals surface area (Å²) in [5.74, 6) is -0.0913. The lowest BCUT2D eigenvalue weighted by Gasteiger charge is -2.14. The van der Waals surface area contributed by atoms with E-state index in [1.165, 1.54) is 12.1 Å². The number of aromatic hydroxyl groups is 1. The van der Waals surface area contributed by atoms with Crippen LogP contribution in [-0.4, -0.2) is 53.0 Å². The van der Waals surface area contributed by atoms with Crippen molar-refractivity contribution in [1.82, 2.24) is 5.32 Å². The fourth-order valence-electron chi connectivity index (χ4n) is 3.26. The molecule has 2 unspecified atom stereocenters. The van der Waals surface area contributed by atoms with Crippen molar-refractivity contribution in [3.05, 3.63) is 95.1 Å². The van der Waals surface area contributed by atoms with E-state index in [1.807, 2.05) is 54.6 Å². The summed E-state index contributed by atoms with van der Waals surface area (Å²) in [6.45, 7) is 3.40. The van der Waals surface area contributed by atoms with E-state index in [9.17, 15) is 20.1 Å². The molecule has 0 saturated heterocycles. The zero-order valence-electron chi connectivity index (χ0n) is 19.4. The maximum absolute atomic E-state index is 10.9. The van der Waals surface area contributed by atoms with Crippen LogP contribution in [0.15, 0.2) is 72.8 Å². The monoisotopic (exact) mass is 466 g/mol. The summed E-state index contributed by atoms with van der Waals surface area (Å²) in [7, 11) is 0. The molecular weight excluding hydrogens is 432 g/mol. The van der Waals surface area contributed by atoms with Crippen LogP contribution in [0.2, 0.25) is 0 Å². The molecule has 0 heterocycles. The maximum atomic E-state index is 10.9. The number of rotatable bonds is 11. The average Bonchev–Trinajstić information content (AvgIpc) is 2.87. The predicted molar refractivity (Wildman–Crippen MR) is 134 cm³/mol. The van der Waals surface area contributed by atoms with Gasteiger partial charge >= 0.3 is 0 Å². The Bertz CT molecular complexity index is 980. The van der Waals surface area contributed by atoms with Crippen molar-refractivity contribution in [3.8, 4) is 5.75 Å². The van der Waals surface area contributed by atoms with Gasteiger partial charge < -0.3 is 31.1 Å². The summed E-state index contributed by atoms with van der Waals surface area (Å²) in [5, 5.41) is 44.1. The number of nitrogens with one attached hydrogen (secondary N) is 2. The highest BCUT2D eigenvalue weighted by Crippen LogP contribution is 2.21. The fraction of sp³-hybridized carbons (Fsp3) is 0.296. The first kappa shape index (κ1) is 27.0. The molecule has 0 spiro atoms. The maximum Gasteiger partial charge on any atom is 0.153 e. The summed E-state index contributed by atoms with van der Waals surface area (Å²) in [5.41, 5.74) is 3.74. The van der Waals surface area contributed by atoms with Gasteiger partial charge in [-0.1, -0.05) is 48.5 Å². The zero-order chi connectivity index (χ0) is 24.8. The summed E-state index contributed by atoms with van der Waals surface area (Å²) in [6, 6.07) is 22.1. The zero-order valence-corrected chi connectivity index (χ0v) is 19.4. The third-order valence-electron chi connectivity index (χ3n) is 5.13. The number of phenolic OH excluding ortho intramolecular Hbond substituents is 1. The second kappa shape index (κ2) is 14.8. The quantitative estimate of drug-likeness (QED) is 0.190. The fourth-order valence-corrected chi connectivity index (χ4v) is 3.26. The number of benzene rings is 3. The number of carbonyl (C=O) groups is 1. The van der Waals surface area contributed by atoms with E-state index in [-0.39, 0.29) is 17.9 Å². The Morgan fingerprint density at radius 3 is 2.18 bits per heavy atom. The Balaban J connectivity index is 0.00000129. The number of carbonyl (C=O) groups excluding carboxylic acids is 1. The molecule has 34 heavy (non-hydrogen) atoms. The standard InChI is InChI=1S/C25H28N2O4.C2H6O/c28-17-21-14-20(8-11-23(21)29)24(30)15-26-13-12-18-6-9-22(10-7-18)27-16-25(31)19-4-2-1-3-5-19;1-2-3/h1-11,14,17,24-27,29-31H,12-13,15-16H2;3H,2H2,1H3. The van der Waals surface area contributed by atoms with Gasteiger partial charge in [0.1, 0.15) is 5.75 Å². The smallest absolute Gasteiger partial charge is 0.153 e. The van der Waals surface area contributed by atoms with Gasteiger partial charge in [-0.25, -0.2) is 0 Å². The van der Waals surface area contributed by atoms with E-state index in [4.69, 9.17) is 5.11 Å². The van der Waals surface area contributed by atoms with E-state index < -0.39 is 12.2 Å². The Hall–Kier alpha value is -3.23. The third-order valence-corrected chi connectivity index (χ3v) is 5.13. The predicted octanol–water partition coefficient (Wildman–Crippen LogP) is 3.21. The molecule has 0 aliphatic rings. The molecule has 0 aliphatic carbocycles. The second-order valence-electron chi connectivity index (χ2n) is 7.73. The van der Waals surface area contributed by atoms with Crippen molar-refractivity contribution in [2.75, 3.05) is 31.6 Å². The molecule has 0 radical (unpaired) electrons. The van der Waals surface area contributed by atoms with Gasteiger partial charge in [0, 0.05) is 25.4 Å². The van der Waals surface area contributed by atoms with Gasteiger partial charge in [0.05, 0.1) is 17.8 Å². The molecule has 3 rings (SSSR count). The highest BCUT2D eigenvalue weighted by Gasteiger charge is 2.10. The number of anilines is 1. The Morgan fingerprint density at radius 1 is 0.882 bits per heavy atom. The number of hydrogen-bond donors (Lipinski definition) is 6. The molecule has 0 aliphatic heterocycles. The van der Waals surface area contributed by atoms with E-state index in [0.29, 0.717) is 31.5 Å². The van der Waals surface area contributed by atoms with Gasteiger partial charge in [-0.15, -0.1) is 0 Å². The normalized spacial score (nSPS) is 12.2. The van der Waals surface area contributed by atoms with Crippen molar-refractivity contribution in [3.63, 3.8) is 0 Å². The Labute approximate surface area is 200 Å². The largest absolute Gasteiger partial charge is 0.507 e. The van der Waals surface area contributed by atoms with Gasteiger partial charge in [0.25, 0.3) is 0 Å². The van der Waals surface area contributed by atoms with E-state index in [0.717, 1.165) is 23.2 Å². The van der Waals surface area contributed by atoms with Crippen molar-refractivity contribution in [1.29, 1.82) is 0 Å². The second-order valence-corrected chi connectivity index (χ2v) is 7.73. The van der Waals surface area contributed by atoms with Crippen molar-refractivity contribution >= 4 is 12.0 Å². The summed E-state index contributed by atoms with van der Waals surface area (Å²) >= 11 is 0. The summed E-state index contributed by atoms with van der Waals surface area (Å²) < 4.78 is 0. The van der Waals surface area contributed by atoms with Gasteiger partial charge in [-0.2, -0.15) is 0 Å². The molecule has 182 valence electrons. The minimum Gasteiger partial charge on any atom is -0.507 e. The number of phenols is 1. The molecule has 2 atom stereocenters. The Morgan fingerprint density at radius 2 is 1.53 bits per heavy atom. The minimum absolute atomic E-state index is 0.0913. The highest BCUT2D eigenvalue weighted by molar-refractivity contribution is 5.79. The SMILES string of the molecule is CCO.O=Cc1cc(C(O)CNCCc2ccc(NCC(O)c3ccccc3)cc2)ccc1O. The lowest BCUT2D eigenvalue weighted by atomic mass is 10.1. The molecule has 0 aromatic heterocycles. The van der Waals surface area contributed by atoms with Crippen LogP contribution in [0.5, 0.6) is 5.75 Å². The van der Waals surface area contributed by atoms with Crippen molar-refractivity contribution in [2.45, 2.75) is 25.6 Å². The first-order chi connectivity index (χ1) is 16.5. The number of aliphatic hydroxyl groups is 3. The molecule has 7 nitrogen and oxygen atoms in total. The summed E-state index contributed by atoms with van der Waals surface area (Å²) in [6.07, 6.45) is 0.0453. The molecule has 0 amide bonds. The molecule has 0 bridgehead atoms. The van der Waals surface area contributed by atoms with Gasteiger partial charge in [-0.05, 0) is 60.8 Å². The molecule has 0 fully saturated rings. The van der Waals surface area contributed by atoms with Crippen molar-refractivity contribution in [2.24, 2.45) is 0 Å². The van der Waals surface area contributed by atoms with Gasteiger partial charge in [-0.3, -0.25) is 4.79 Å². The lowest BCUT2D eigenvalue weighted by Crippen LogP contribution is -2.23. The average molecular weight is 467 g/mol. The molecule has 3 aromatic rings. The topological polar surface area (TPSA) is 122 Å². The first-order valence-corrected chi connectivity index (χ1v) is 11.3. The molecule has 7 heteroatoms. The Kier molecular flexibility index (Phi) is 11.8. The number of aliphatic hydroxyl groups excluding tert-OH is 3. The van der Waals surface area contributed by atoms with Crippen LogP contribution < -0.4 is 10.6 Å². The van der Waals surface area contributed by atoms with E-state index in [2.05, 4.69) is 10.6 Å². The highest BCUT2D eigenvalue weighted by atomic mass is 16.3. The number of hydrogen-bond acceptors (Lipinski definition) is 7. The van der Waals surface area contributed by atoms with Gasteiger partial charge in [0.2, 0.25) is 0 Å². The van der Waals surface area contributed by atoms with Gasteiger partial charge in [0.15, 0.2) is 6.29 Å². The van der Waals surface area contributed by atoms with Crippen LogP contribution in [0.25, 0.3) is 0 Å². The van der Waals surface area contributed by atoms with Crippen molar-refractivity contribution < 1.29 is 25.2 Å². The van der Waals surface area contributed by atoms with Crippen LogP contribution in [0.1, 0.15) is 46.2 Å². The van der Waals surface area contributed by atoms with Crippen LogP contribution in [0, 0.1) is 0 Å². The molecule has 3 aromatic carbocycles. The van der Waals surface area contributed by atoms with E-state index in [1.54, 1.807) is 13.0 Å². The van der Waals surface area contributed by atoms with Crippen LogP contribution in [-0.2, 0) is 6.42 Å². The van der Waals surface area contributed by atoms with Crippen LogP contribution >= 0.6 is 0 Å². The third kappa shape index (κ3) is 8.96. The van der Waals surface area contributed by atoms with Crippen LogP contribution in [0.3, 0.4) is 0 Å².